The SMILES string of the molecule is C=C(N)c1c(-c2ccc(F)c(Cl)c2)nn2c1CB(C#N)C(C(F)(F)F)C2. The molecule has 0 radical (unpaired) electrons. The fourth-order valence-electron chi connectivity index (χ4n) is 3.17. The van der Waals surface area contributed by atoms with Gasteiger partial charge in [-0.3, -0.25) is 4.68 Å². The molecule has 1 unspecified atom stereocenters. The first-order valence-electron chi connectivity index (χ1n) is 7.59. The van der Waals surface area contributed by atoms with Crippen LogP contribution in [-0.4, -0.2) is 22.7 Å². The average molecular weight is 383 g/mol. The van der Waals surface area contributed by atoms with Crippen molar-refractivity contribution in [2.24, 2.45) is 5.73 Å². The molecule has 1 atom stereocenters. The van der Waals surface area contributed by atoms with Gasteiger partial charge in [0.25, 0.3) is 6.71 Å². The van der Waals surface area contributed by atoms with Crippen LogP contribution in [0.1, 0.15) is 11.3 Å². The molecule has 3 rings (SSSR count). The second-order valence-electron chi connectivity index (χ2n) is 6.09. The first-order chi connectivity index (χ1) is 12.1. The van der Waals surface area contributed by atoms with Crippen LogP contribution in [-0.2, 0) is 12.9 Å². The van der Waals surface area contributed by atoms with E-state index in [0.717, 1.165) is 6.07 Å². The van der Waals surface area contributed by atoms with E-state index in [1.807, 2.05) is 0 Å². The first-order valence-corrected chi connectivity index (χ1v) is 7.97. The number of halogens is 5. The van der Waals surface area contributed by atoms with Gasteiger partial charge >= 0.3 is 6.18 Å². The second kappa shape index (κ2) is 6.36. The first kappa shape index (κ1) is 18.3. The number of nitriles is 1. The predicted molar refractivity (Wildman–Crippen MR) is 90.7 cm³/mol. The Morgan fingerprint density at radius 3 is 2.69 bits per heavy atom. The van der Waals surface area contributed by atoms with Crippen molar-refractivity contribution in [3.63, 3.8) is 0 Å². The van der Waals surface area contributed by atoms with Gasteiger partial charge in [0.1, 0.15) is 11.5 Å². The van der Waals surface area contributed by atoms with Crippen LogP contribution < -0.4 is 5.73 Å². The van der Waals surface area contributed by atoms with Crippen LogP contribution in [0.5, 0.6) is 0 Å². The van der Waals surface area contributed by atoms with E-state index in [2.05, 4.69) is 11.7 Å². The molecule has 0 saturated heterocycles. The molecule has 26 heavy (non-hydrogen) atoms. The number of hydrogen-bond acceptors (Lipinski definition) is 3. The lowest BCUT2D eigenvalue weighted by molar-refractivity contribution is -0.138. The number of fused-ring (bicyclic) bond motifs is 1. The van der Waals surface area contributed by atoms with Gasteiger partial charge in [0.15, 0.2) is 0 Å². The quantitative estimate of drug-likeness (QED) is 0.633. The molecule has 4 nitrogen and oxygen atoms in total. The van der Waals surface area contributed by atoms with E-state index in [9.17, 15) is 22.8 Å². The Morgan fingerprint density at radius 1 is 1.46 bits per heavy atom. The van der Waals surface area contributed by atoms with E-state index in [0.29, 0.717) is 16.8 Å². The summed E-state index contributed by atoms with van der Waals surface area (Å²) in [6, 6.07) is 3.86. The summed E-state index contributed by atoms with van der Waals surface area (Å²) in [6.07, 6.45) is -4.68. The van der Waals surface area contributed by atoms with Gasteiger partial charge in [-0.1, -0.05) is 18.2 Å². The molecular formula is C16H12BClF4N4. The predicted octanol–water partition coefficient (Wildman–Crippen LogP) is 3.86. The van der Waals surface area contributed by atoms with E-state index in [1.165, 1.54) is 16.8 Å². The molecule has 10 heteroatoms. The third-order valence-corrected chi connectivity index (χ3v) is 4.72. The van der Waals surface area contributed by atoms with Crippen molar-refractivity contribution >= 4 is 24.0 Å². The van der Waals surface area contributed by atoms with Gasteiger partial charge in [0, 0.05) is 35.0 Å². The Balaban J connectivity index is 2.16. The summed E-state index contributed by atoms with van der Waals surface area (Å²) in [5.41, 5.74) is 7.35. The number of alkyl halides is 3. The second-order valence-corrected chi connectivity index (χ2v) is 6.50. The molecule has 0 saturated carbocycles. The molecule has 1 aliphatic heterocycles. The van der Waals surface area contributed by atoms with Crippen molar-refractivity contribution in [2.45, 2.75) is 24.9 Å². The fourth-order valence-corrected chi connectivity index (χ4v) is 3.35. The maximum Gasteiger partial charge on any atom is 0.388 e. The Bertz CT molecular complexity index is 932. The van der Waals surface area contributed by atoms with Crippen molar-refractivity contribution < 1.29 is 17.6 Å². The molecule has 0 aliphatic carbocycles. The summed E-state index contributed by atoms with van der Waals surface area (Å²) < 4.78 is 54.4. The van der Waals surface area contributed by atoms with Crippen molar-refractivity contribution in [2.75, 3.05) is 0 Å². The van der Waals surface area contributed by atoms with Crippen LogP contribution in [0.4, 0.5) is 17.6 Å². The van der Waals surface area contributed by atoms with E-state index >= 15 is 0 Å². The summed E-state index contributed by atoms with van der Waals surface area (Å²) in [5.74, 6) is -0.730. The molecule has 134 valence electrons. The lowest BCUT2D eigenvalue weighted by atomic mass is 9.38. The molecule has 1 aliphatic rings. The van der Waals surface area contributed by atoms with Crippen LogP contribution in [0.2, 0.25) is 10.8 Å². The minimum Gasteiger partial charge on any atom is -0.399 e. The molecule has 2 aromatic rings. The Kier molecular flexibility index (Phi) is 4.48. The van der Waals surface area contributed by atoms with Crippen LogP contribution in [0.15, 0.2) is 24.8 Å². The summed E-state index contributed by atoms with van der Waals surface area (Å²) >= 11 is 5.80. The highest BCUT2D eigenvalue weighted by atomic mass is 35.5. The maximum atomic E-state index is 13.4. The van der Waals surface area contributed by atoms with Crippen LogP contribution in [0.3, 0.4) is 0 Å². The van der Waals surface area contributed by atoms with Crippen molar-refractivity contribution in [3.05, 3.63) is 46.9 Å². The lowest BCUT2D eigenvalue weighted by Crippen LogP contribution is -2.41. The van der Waals surface area contributed by atoms with E-state index in [1.54, 1.807) is 5.97 Å². The van der Waals surface area contributed by atoms with Gasteiger partial charge in [-0.05, 0) is 24.5 Å². The summed E-state index contributed by atoms with van der Waals surface area (Å²) in [7, 11) is 0. The van der Waals surface area contributed by atoms with Crippen LogP contribution in [0.25, 0.3) is 17.0 Å². The minimum absolute atomic E-state index is 0.101. The molecule has 0 bridgehead atoms. The summed E-state index contributed by atoms with van der Waals surface area (Å²) in [6.45, 7) is 1.92. The molecular weight excluding hydrogens is 370 g/mol. The zero-order valence-electron chi connectivity index (χ0n) is 13.3. The fraction of sp³-hybridized carbons (Fsp3) is 0.250. The highest BCUT2D eigenvalue weighted by Crippen LogP contribution is 2.41. The van der Waals surface area contributed by atoms with Gasteiger partial charge in [0.2, 0.25) is 0 Å². The molecule has 1 aromatic carbocycles. The van der Waals surface area contributed by atoms with E-state index in [4.69, 9.17) is 17.3 Å². The largest absolute Gasteiger partial charge is 0.399 e. The van der Waals surface area contributed by atoms with Crippen molar-refractivity contribution in [1.82, 2.24) is 9.78 Å². The summed E-state index contributed by atoms with van der Waals surface area (Å²) in [5, 5.41) is 13.3. The lowest BCUT2D eigenvalue weighted by Gasteiger charge is -2.28. The Morgan fingerprint density at radius 2 is 2.15 bits per heavy atom. The maximum absolute atomic E-state index is 13.4. The summed E-state index contributed by atoms with van der Waals surface area (Å²) in [4.78, 5) is 0. The third kappa shape index (κ3) is 3.05. The number of aromatic nitrogens is 2. The van der Waals surface area contributed by atoms with Crippen LogP contribution in [0, 0.1) is 17.0 Å². The zero-order valence-corrected chi connectivity index (χ0v) is 14.1. The zero-order chi connectivity index (χ0) is 19.2. The Hall–Kier alpha value is -2.47. The smallest absolute Gasteiger partial charge is 0.388 e. The molecule has 0 amide bonds. The number of benzene rings is 1. The normalized spacial score (nSPS) is 16.9. The standard InChI is InChI=1S/C16H12BClF4N4/c1-8(24)14-12-5-17(7-23)13(16(20,21)22)6-26(12)25-15(14)9-2-3-11(19)10(18)4-9/h2-4,13H,1,5-6,24H2. The highest BCUT2D eigenvalue weighted by Gasteiger charge is 2.50. The number of nitrogens with zero attached hydrogens (tertiary/aromatic N) is 3. The van der Waals surface area contributed by atoms with Gasteiger partial charge in [-0.25, -0.2) is 9.65 Å². The number of rotatable bonds is 2. The highest BCUT2D eigenvalue weighted by molar-refractivity contribution is 6.68. The van der Waals surface area contributed by atoms with Gasteiger partial charge in [-0.2, -0.15) is 18.3 Å². The van der Waals surface area contributed by atoms with Crippen molar-refractivity contribution in [3.8, 4) is 17.2 Å². The molecule has 2 heterocycles. The van der Waals surface area contributed by atoms with E-state index in [-0.39, 0.29) is 22.7 Å². The topological polar surface area (TPSA) is 67.6 Å². The third-order valence-electron chi connectivity index (χ3n) is 4.43. The number of hydrogen-bond donors (Lipinski definition) is 1. The molecule has 0 fully saturated rings. The Labute approximate surface area is 151 Å². The molecule has 2 N–H and O–H groups in total. The van der Waals surface area contributed by atoms with Crippen LogP contribution >= 0.6 is 11.6 Å². The van der Waals surface area contributed by atoms with Gasteiger partial charge < -0.3 is 5.73 Å². The minimum atomic E-state index is -4.52. The number of nitrogens with two attached hydrogens (primary N) is 1. The molecule has 0 spiro atoms. The average Bonchev–Trinajstić information content (AvgIpc) is 2.93. The van der Waals surface area contributed by atoms with Crippen molar-refractivity contribution in [1.29, 1.82) is 5.26 Å². The molecule has 1 aromatic heterocycles. The van der Waals surface area contributed by atoms with Gasteiger partial charge in [-0.15, -0.1) is 0 Å². The monoisotopic (exact) mass is 382 g/mol. The van der Waals surface area contributed by atoms with E-state index < -0.39 is 31.1 Å². The van der Waals surface area contributed by atoms with Gasteiger partial charge in [0.05, 0.1) is 10.8 Å².